The van der Waals surface area contributed by atoms with Gasteiger partial charge in [0.05, 0.1) is 6.92 Å². The molecule has 0 aliphatic rings. The van der Waals surface area contributed by atoms with Gasteiger partial charge in [0, 0.05) is 11.1 Å². The van der Waals surface area contributed by atoms with Gasteiger partial charge < -0.3 is 0 Å². The third-order valence-corrected chi connectivity index (χ3v) is 3.38. The Balaban J connectivity index is 2.41. The standard InChI is InChI=1S/C17H19/c1-13-5-9-15(10-6-13)17(3,4)16-11-7-14(2)8-12-16/h5-12H,3H2,1-2,4H3/q+1. The van der Waals surface area contributed by atoms with E-state index in [2.05, 4.69) is 76.2 Å². The van der Waals surface area contributed by atoms with Crippen LogP contribution in [0.25, 0.3) is 0 Å². The van der Waals surface area contributed by atoms with Gasteiger partial charge in [-0.05, 0) is 20.8 Å². The molecule has 0 fully saturated rings. The molecule has 0 saturated carbocycles. The molecule has 0 bridgehead atoms. The highest BCUT2D eigenvalue weighted by atomic mass is 14.3. The molecule has 0 saturated heterocycles. The first-order valence-corrected chi connectivity index (χ1v) is 6.00. The van der Waals surface area contributed by atoms with Crippen LogP contribution in [0, 0.1) is 20.8 Å². The van der Waals surface area contributed by atoms with Gasteiger partial charge in [-0.25, -0.2) is 0 Å². The van der Waals surface area contributed by atoms with E-state index in [0.29, 0.717) is 0 Å². The maximum Gasteiger partial charge on any atom is 0.152 e. The van der Waals surface area contributed by atoms with Crippen LogP contribution < -0.4 is 0 Å². The Morgan fingerprint density at radius 1 is 0.706 bits per heavy atom. The minimum atomic E-state index is -0.179. The van der Waals surface area contributed by atoms with Crippen LogP contribution in [-0.4, -0.2) is 0 Å². The lowest BCUT2D eigenvalue weighted by Gasteiger charge is -2.19. The molecular weight excluding hydrogens is 204 g/mol. The largest absolute Gasteiger partial charge is 0.152 e. The highest BCUT2D eigenvalue weighted by Gasteiger charge is 2.30. The monoisotopic (exact) mass is 223 g/mol. The third-order valence-electron chi connectivity index (χ3n) is 3.38. The van der Waals surface area contributed by atoms with Crippen molar-refractivity contribution in [3.63, 3.8) is 0 Å². The molecule has 0 aliphatic carbocycles. The summed E-state index contributed by atoms with van der Waals surface area (Å²) in [6.07, 6.45) is 0. The Bertz CT molecular complexity index is 439. The Labute approximate surface area is 104 Å². The first kappa shape index (κ1) is 11.8. The second-order valence-corrected chi connectivity index (χ2v) is 5.06. The van der Waals surface area contributed by atoms with E-state index in [-0.39, 0.29) is 5.41 Å². The molecule has 86 valence electrons. The van der Waals surface area contributed by atoms with Crippen molar-refractivity contribution in [2.75, 3.05) is 0 Å². The van der Waals surface area contributed by atoms with E-state index in [4.69, 9.17) is 0 Å². The van der Waals surface area contributed by atoms with Crippen molar-refractivity contribution in [2.45, 2.75) is 26.2 Å². The average Bonchev–Trinajstić information content (AvgIpc) is 2.30. The predicted molar refractivity (Wildman–Crippen MR) is 74.2 cm³/mol. The summed E-state index contributed by atoms with van der Waals surface area (Å²) in [5.74, 6) is 0. The summed E-state index contributed by atoms with van der Waals surface area (Å²) in [5.41, 5.74) is 4.90. The van der Waals surface area contributed by atoms with Crippen LogP contribution in [-0.2, 0) is 5.41 Å². The highest BCUT2D eigenvalue weighted by molar-refractivity contribution is 5.41. The summed E-state index contributed by atoms with van der Waals surface area (Å²) in [4.78, 5) is 0. The van der Waals surface area contributed by atoms with Crippen molar-refractivity contribution in [1.82, 2.24) is 0 Å². The second-order valence-electron chi connectivity index (χ2n) is 5.06. The quantitative estimate of drug-likeness (QED) is 0.660. The van der Waals surface area contributed by atoms with Gasteiger partial charge in [-0.3, -0.25) is 0 Å². The van der Waals surface area contributed by atoms with Crippen LogP contribution in [0.3, 0.4) is 0 Å². The molecule has 2 aromatic rings. The molecule has 2 rings (SSSR count). The zero-order valence-electron chi connectivity index (χ0n) is 10.8. The van der Waals surface area contributed by atoms with Crippen LogP contribution in [0.1, 0.15) is 29.2 Å². The molecule has 0 amide bonds. The summed E-state index contributed by atoms with van der Waals surface area (Å²) in [5, 5.41) is 0. The summed E-state index contributed by atoms with van der Waals surface area (Å²) in [6.45, 7) is 10.8. The molecule has 17 heavy (non-hydrogen) atoms. The summed E-state index contributed by atoms with van der Waals surface area (Å²) in [7, 11) is 0. The van der Waals surface area contributed by atoms with Gasteiger partial charge >= 0.3 is 0 Å². The molecule has 0 atom stereocenters. The molecule has 0 spiro atoms. The number of rotatable bonds is 2. The van der Waals surface area contributed by atoms with Crippen molar-refractivity contribution in [3.05, 3.63) is 77.7 Å². The van der Waals surface area contributed by atoms with Gasteiger partial charge in [0.1, 0.15) is 0 Å². The van der Waals surface area contributed by atoms with E-state index in [1.54, 1.807) is 0 Å². The summed E-state index contributed by atoms with van der Waals surface area (Å²) < 4.78 is 0. The highest BCUT2D eigenvalue weighted by Crippen LogP contribution is 2.31. The topological polar surface area (TPSA) is 0 Å². The van der Waals surface area contributed by atoms with E-state index in [1.807, 2.05) is 0 Å². The number of hydrogen-bond acceptors (Lipinski definition) is 0. The van der Waals surface area contributed by atoms with Crippen LogP contribution in [0.4, 0.5) is 0 Å². The zero-order valence-corrected chi connectivity index (χ0v) is 10.8. The lowest BCUT2D eigenvalue weighted by atomic mass is 9.78. The van der Waals surface area contributed by atoms with Gasteiger partial charge in [0.25, 0.3) is 0 Å². The van der Waals surface area contributed by atoms with Gasteiger partial charge in [0.2, 0.25) is 0 Å². The summed E-state index contributed by atoms with van der Waals surface area (Å²) in [6, 6.07) is 17.3. The fraction of sp³-hybridized carbons (Fsp3) is 0.235. The molecule has 0 heteroatoms. The van der Waals surface area contributed by atoms with E-state index >= 15 is 0 Å². The second kappa shape index (κ2) is 4.29. The van der Waals surface area contributed by atoms with Crippen LogP contribution in [0.15, 0.2) is 48.5 Å². The number of benzene rings is 2. The zero-order chi connectivity index (χ0) is 12.5. The molecule has 0 unspecified atom stereocenters. The van der Waals surface area contributed by atoms with Crippen LogP contribution in [0.5, 0.6) is 0 Å². The van der Waals surface area contributed by atoms with Gasteiger partial charge in [-0.1, -0.05) is 59.7 Å². The normalized spacial score (nSPS) is 11.5. The Kier molecular flexibility index (Phi) is 2.97. The van der Waals surface area contributed by atoms with E-state index in [9.17, 15) is 0 Å². The number of hydrogen-bond donors (Lipinski definition) is 0. The molecule has 0 heterocycles. The molecule has 2 aromatic carbocycles. The molecule has 0 aliphatic heterocycles. The van der Waals surface area contributed by atoms with Crippen LogP contribution in [0.2, 0.25) is 0 Å². The van der Waals surface area contributed by atoms with Gasteiger partial charge in [0.15, 0.2) is 5.41 Å². The Hall–Kier alpha value is -1.69. The van der Waals surface area contributed by atoms with E-state index < -0.39 is 0 Å². The lowest BCUT2D eigenvalue weighted by molar-refractivity contribution is 0.718. The maximum atomic E-state index is 4.37. The SMILES string of the molecule is [CH2+]C(C)(c1ccc(C)cc1)c1ccc(C)cc1. The van der Waals surface area contributed by atoms with Crippen molar-refractivity contribution >= 4 is 0 Å². The third kappa shape index (κ3) is 2.36. The first-order chi connectivity index (χ1) is 8.00. The van der Waals surface area contributed by atoms with Gasteiger partial charge in [-0.2, -0.15) is 0 Å². The average molecular weight is 223 g/mol. The predicted octanol–water partition coefficient (Wildman–Crippen LogP) is 4.44. The minimum absolute atomic E-state index is 0.179. The summed E-state index contributed by atoms with van der Waals surface area (Å²) >= 11 is 0. The number of aryl methyl sites for hydroxylation is 2. The van der Waals surface area contributed by atoms with Crippen molar-refractivity contribution in [3.8, 4) is 0 Å². The fourth-order valence-electron chi connectivity index (χ4n) is 2.01. The Morgan fingerprint density at radius 3 is 1.29 bits per heavy atom. The smallest absolute Gasteiger partial charge is 0.0589 e. The molecule has 0 N–H and O–H groups in total. The van der Waals surface area contributed by atoms with E-state index in [0.717, 1.165) is 0 Å². The van der Waals surface area contributed by atoms with Crippen molar-refractivity contribution < 1.29 is 0 Å². The van der Waals surface area contributed by atoms with Crippen LogP contribution >= 0.6 is 0 Å². The fourth-order valence-corrected chi connectivity index (χ4v) is 2.01. The molecule has 0 nitrogen and oxygen atoms in total. The van der Waals surface area contributed by atoms with Crippen molar-refractivity contribution in [1.29, 1.82) is 0 Å². The minimum Gasteiger partial charge on any atom is -0.0589 e. The Morgan fingerprint density at radius 2 is 1.00 bits per heavy atom. The molecular formula is C17H19+. The first-order valence-electron chi connectivity index (χ1n) is 6.00. The maximum absolute atomic E-state index is 4.37. The lowest BCUT2D eigenvalue weighted by Crippen LogP contribution is -2.19. The van der Waals surface area contributed by atoms with Crippen molar-refractivity contribution in [2.24, 2.45) is 0 Å². The van der Waals surface area contributed by atoms with E-state index in [1.165, 1.54) is 22.3 Å². The molecule has 0 aromatic heterocycles. The van der Waals surface area contributed by atoms with Gasteiger partial charge in [-0.15, -0.1) is 0 Å². The molecule has 0 radical (unpaired) electrons.